The fourth-order valence-electron chi connectivity index (χ4n) is 1.08. The highest BCUT2D eigenvalue weighted by Gasteiger charge is 2.10. The largest absolute Gasteiger partial charge is 0.465 e. The Bertz CT molecular complexity index is 339. The summed E-state index contributed by atoms with van der Waals surface area (Å²) in [4.78, 5) is 12.3. The predicted molar refractivity (Wildman–Crippen MR) is 58.6 cm³/mol. The molecule has 0 saturated heterocycles. The fourth-order valence-corrected chi connectivity index (χ4v) is 1.78. The van der Waals surface area contributed by atoms with E-state index in [2.05, 4.69) is 11.7 Å². The Hall–Kier alpha value is -1.16. The number of carbonyl (C=O) groups is 1. The number of esters is 1. The van der Waals surface area contributed by atoms with Gasteiger partial charge in [-0.05, 0) is 24.0 Å². The zero-order chi connectivity index (χ0) is 10.6. The summed E-state index contributed by atoms with van der Waals surface area (Å²) in [7, 11) is 1.35. The third-order valence-electron chi connectivity index (χ3n) is 1.74. The van der Waals surface area contributed by atoms with Crippen LogP contribution in [0.25, 0.3) is 0 Å². The van der Waals surface area contributed by atoms with E-state index in [9.17, 15) is 4.79 Å². The van der Waals surface area contributed by atoms with Crippen LogP contribution >= 0.6 is 11.8 Å². The van der Waals surface area contributed by atoms with Crippen molar-refractivity contribution in [1.82, 2.24) is 0 Å². The number of benzene rings is 1. The first kappa shape index (κ1) is 10.9. The highest BCUT2D eigenvalue weighted by Crippen LogP contribution is 2.23. The summed E-state index contributed by atoms with van der Waals surface area (Å²) in [6.07, 6.45) is 0. The van der Waals surface area contributed by atoms with Gasteiger partial charge in [0.25, 0.3) is 0 Å². The monoisotopic (exact) mass is 211 g/mol. The van der Waals surface area contributed by atoms with Crippen molar-refractivity contribution in [3.63, 3.8) is 0 Å². The molecular weight excluding hydrogens is 198 g/mol. The summed E-state index contributed by atoms with van der Waals surface area (Å²) in [6, 6.07) is 5.38. The zero-order valence-corrected chi connectivity index (χ0v) is 9.06. The van der Waals surface area contributed by atoms with Crippen molar-refractivity contribution in [3.8, 4) is 0 Å². The van der Waals surface area contributed by atoms with Crippen LogP contribution in [0.4, 0.5) is 5.69 Å². The van der Waals surface area contributed by atoms with Gasteiger partial charge < -0.3 is 10.5 Å². The van der Waals surface area contributed by atoms with Crippen molar-refractivity contribution >= 4 is 23.4 Å². The lowest BCUT2D eigenvalue weighted by molar-refractivity contribution is 0.0601. The minimum atomic E-state index is -0.388. The predicted octanol–water partition coefficient (Wildman–Crippen LogP) is 2.17. The summed E-state index contributed by atoms with van der Waals surface area (Å²) in [5, 5.41) is 0. The first-order valence-corrected chi connectivity index (χ1v) is 5.28. The molecule has 0 aromatic heterocycles. The molecule has 1 aromatic rings. The van der Waals surface area contributed by atoms with Gasteiger partial charge in [0, 0.05) is 10.6 Å². The maximum absolute atomic E-state index is 11.3. The molecule has 0 aliphatic carbocycles. The smallest absolute Gasteiger partial charge is 0.339 e. The molecular formula is C10H13NO2S. The maximum Gasteiger partial charge on any atom is 0.339 e. The summed E-state index contributed by atoms with van der Waals surface area (Å²) in [5.74, 6) is 0.575. The fraction of sp³-hybridized carbons (Fsp3) is 0.300. The second-order valence-electron chi connectivity index (χ2n) is 2.67. The van der Waals surface area contributed by atoms with Gasteiger partial charge in [0.1, 0.15) is 0 Å². The zero-order valence-electron chi connectivity index (χ0n) is 8.24. The van der Waals surface area contributed by atoms with Crippen LogP contribution in [0.1, 0.15) is 17.3 Å². The van der Waals surface area contributed by atoms with Crippen LogP contribution in [0, 0.1) is 0 Å². The average Bonchev–Trinajstić information content (AvgIpc) is 2.20. The van der Waals surface area contributed by atoms with Gasteiger partial charge in [0.2, 0.25) is 0 Å². The van der Waals surface area contributed by atoms with Crippen molar-refractivity contribution in [2.24, 2.45) is 0 Å². The highest BCUT2D eigenvalue weighted by molar-refractivity contribution is 7.99. The second kappa shape index (κ2) is 4.91. The quantitative estimate of drug-likeness (QED) is 0.473. The second-order valence-corrected chi connectivity index (χ2v) is 4.01. The van der Waals surface area contributed by atoms with E-state index in [1.165, 1.54) is 7.11 Å². The van der Waals surface area contributed by atoms with Gasteiger partial charge in [-0.2, -0.15) is 0 Å². The molecule has 1 rings (SSSR count). The lowest BCUT2D eigenvalue weighted by Crippen LogP contribution is -2.05. The molecule has 0 radical (unpaired) electrons. The van der Waals surface area contributed by atoms with Crippen LogP contribution in [0.3, 0.4) is 0 Å². The first-order chi connectivity index (χ1) is 6.69. The van der Waals surface area contributed by atoms with E-state index in [1.54, 1.807) is 23.9 Å². The van der Waals surface area contributed by atoms with E-state index in [4.69, 9.17) is 5.73 Å². The normalized spacial score (nSPS) is 9.86. The van der Waals surface area contributed by atoms with Crippen molar-refractivity contribution < 1.29 is 9.53 Å². The Morgan fingerprint density at radius 3 is 2.86 bits per heavy atom. The lowest BCUT2D eigenvalue weighted by atomic mass is 10.2. The Labute approximate surface area is 87.6 Å². The minimum absolute atomic E-state index is 0.388. The van der Waals surface area contributed by atoms with Gasteiger partial charge in [-0.3, -0.25) is 0 Å². The molecule has 0 aliphatic heterocycles. The van der Waals surface area contributed by atoms with E-state index in [0.29, 0.717) is 11.3 Å². The molecule has 0 saturated carbocycles. The van der Waals surface area contributed by atoms with Gasteiger partial charge in [0.05, 0.1) is 12.7 Å². The topological polar surface area (TPSA) is 52.3 Å². The SMILES string of the molecule is CCSc1ccc(N)c(C(=O)OC)c1. The molecule has 0 fully saturated rings. The summed E-state index contributed by atoms with van der Waals surface area (Å²) in [5.41, 5.74) is 6.54. The molecule has 2 N–H and O–H groups in total. The summed E-state index contributed by atoms with van der Waals surface area (Å²) in [6.45, 7) is 2.05. The van der Waals surface area contributed by atoms with Crippen molar-refractivity contribution in [2.75, 3.05) is 18.6 Å². The van der Waals surface area contributed by atoms with E-state index >= 15 is 0 Å². The van der Waals surface area contributed by atoms with Crippen molar-refractivity contribution in [3.05, 3.63) is 23.8 Å². The number of methoxy groups -OCH3 is 1. The number of nitrogens with two attached hydrogens (primary N) is 1. The van der Waals surface area contributed by atoms with E-state index in [-0.39, 0.29) is 5.97 Å². The van der Waals surface area contributed by atoms with Gasteiger partial charge >= 0.3 is 5.97 Å². The van der Waals surface area contributed by atoms with E-state index in [1.807, 2.05) is 6.07 Å². The Kier molecular flexibility index (Phi) is 3.83. The van der Waals surface area contributed by atoms with Crippen LogP contribution in [0.5, 0.6) is 0 Å². The number of hydrogen-bond donors (Lipinski definition) is 1. The molecule has 1 aromatic carbocycles. The van der Waals surface area contributed by atoms with Crippen molar-refractivity contribution in [2.45, 2.75) is 11.8 Å². The molecule has 76 valence electrons. The molecule has 4 heteroatoms. The van der Waals surface area contributed by atoms with Gasteiger partial charge in [-0.15, -0.1) is 11.8 Å². The first-order valence-electron chi connectivity index (χ1n) is 4.29. The minimum Gasteiger partial charge on any atom is -0.465 e. The van der Waals surface area contributed by atoms with Crippen LogP contribution in [-0.4, -0.2) is 18.8 Å². The molecule has 14 heavy (non-hydrogen) atoms. The van der Waals surface area contributed by atoms with E-state index < -0.39 is 0 Å². The molecule has 0 unspecified atom stereocenters. The van der Waals surface area contributed by atoms with Gasteiger partial charge in [-0.25, -0.2) is 4.79 Å². The molecule has 0 spiro atoms. The number of nitrogen functional groups attached to an aromatic ring is 1. The standard InChI is InChI=1S/C10H13NO2S/c1-3-14-7-4-5-9(11)8(6-7)10(12)13-2/h4-6H,3,11H2,1-2H3. The molecule has 0 bridgehead atoms. The lowest BCUT2D eigenvalue weighted by Gasteiger charge is -2.05. The van der Waals surface area contributed by atoms with Crippen LogP contribution < -0.4 is 5.73 Å². The molecule has 0 atom stereocenters. The Morgan fingerprint density at radius 1 is 1.57 bits per heavy atom. The van der Waals surface area contributed by atoms with Crippen LogP contribution in [0.2, 0.25) is 0 Å². The third-order valence-corrected chi connectivity index (χ3v) is 2.62. The number of anilines is 1. The highest BCUT2D eigenvalue weighted by atomic mass is 32.2. The van der Waals surface area contributed by atoms with Gasteiger partial charge in [0.15, 0.2) is 0 Å². The number of thioether (sulfide) groups is 1. The summed E-state index contributed by atoms with van der Waals surface area (Å²) < 4.78 is 4.62. The number of carbonyl (C=O) groups excluding carboxylic acids is 1. The van der Waals surface area contributed by atoms with Crippen LogP contribution in [-0.2, 0) is 4.74 Å². The maximum atomic E-state index is 11.3. The molecule has 0 aliphatic rings. The van der Waals surface area contributed by atoms with E-state index in [0.717, 1.165) is 10.6 Å². The van der Waals surface area contributed by atoms with Crippen molar-refractivity contribution in [1.29, 1.82) is 0 Å². The number of rotatable bonds is 3. The van der Waals surface area contributed by atoms with Crippen LogP contribution in [0.15, 0.2) is 23.1 Å². The number of ether oxygens (including phenoxy) is 1. The summed E-state index contributed by atoms with van der Waals surface area (Å²) >= 11 is 1.66. The molecule has 0 amide bonds. The van der Waals surface area contributed by atoms with Gasteiger partial charge in [-0.1, -0.05) is 6.92 Å². The Morgan fingerprint density at radius 2 is 2.29 bits per heavy atom. The average molecular weight is 211 g/mol. The number of hydrogen-bond acceptors (Lipinski definition) is 4. The third kappa shape index (κ3) is 2.42. The Balaban J connectivity index is 3.01. The molecule has 3 nitrogen and oxygen atoms in total. The molecule has 0 heterocycles.